The van der Waals surface area contributed by atoms with Crippen molar-refractivity contribution >= 4 is 29.1 Å². The molecule has 2 aliphatic heterocycles. The van der Waals surface area contributed by atoms with Gasteiger partial charge in [-0.3, -0.25) is 15.1 Å². The highest BCUT2D eigenvalue weighted by Crippen LogP contribution is 2.24. The molecule has 1 N–H and O–H groups in total. The lowest BCUT2D eigenvalue weighted by Gasteiger charge is -2.42. The third-order valence-corrected chi connectivity index (χ3v) is 7.41. The molecule has 2 aromatic carbocycles. The maximum absolute atomic E-state index is 13.5. The molecule has 4 rings (SSSR count). The molecule has 2 saturated heterocycles. The van der Waals surface area contributed by atoms with Crippen LogP contribution in [0.5, 0.6) is 0 Å². The van der Waals surface area contributed by atoms with Crippen molar-refractivity contribution in [3.8, 4) is 0 Å². The molecule has 0 aliphatic carbocycles. The van der Waals surface area contributed by atoms with Gasteiger partial charge in [-0.05, 0) is 68.1 Å². The Morgan fingerprint density at radius 2 is 1.74 bits per heavy atom. The van der Waals surface area contributed by atoms with E-state index in [0.29, 0.717) is 22.2 Å². The quantitative estimate of drug-likeness (QED) is 0.530. The molecule has 0 unspecified atom stereocenters. The Labute approximate surface area is 219 Å². The second-order valence-electron chi connectivity index (χ2n) is 9.59. The number of halogens is 2. The highest BCUT2D eigenvalue weighted by molar-refractivity contribution is 6.35. The van der Waals surface area contributed by atoms with Gasteiger partial charge in [0.2, 0.25) is 0 Å². The fourth-order valence-corrected chi connectivity index (χ4v) is 5.40. The second kappa shape index (κ2) is 12.5. The Morgan fingerprint density at radius 1 is 1.00 bits per heavy atom. The summed E-state index contributed by atoms with van der Waals surface area (Å²) in [6, 6.07) is 11.8. The maximum atomic E-state index is 13.5. The van der Waals surface area contributed by atoms with E-state index < -0.39 is 0 Å². The van der Waals surface area contributed by atoms with Gasteiger partial charge < -0.3 is 9.64 Å². The SMILES string of the molecule is Cc1ccc(C[C@@H]2CN(CCCNN3CCOCC3)CCN2C(=O)c2cc(Cl)cc(Cl)c2)cc1C. The van der Waals surface area contributed by atoms with E-state index in [1.807, 2.05) is 4.90 Å². The van der Waals surface area contributed by atoms with Crippen LogP contribution in [0.2, 0.25) is 10.0 Å². The van der Waals surface area contributed by atoms with Crippen LogP contribution in [-0.4, -0.2) is 85.8 Å². The summed E-state index contributed by atoms with van der Waals surface area (Å²) in [7, 11) is 0. The zero-order valence-electron chi connectivity index (χ0n) is 20.7. The fourth-order valence-electron chi connectivity index (χ4n) is 4.87. The Kier molecular flexibility index (Phi) is 9.45. The molecule has 6 nitrogen and oxygen atoms in total. The first kappa shape index (κ1) is 26.4. The zero-order chi connectivity index (χ0) is 24.8. The zero-order valence-corrected chi connectivity index (χ0v) is 22.2. The number of hydrogen-bond donors (Lipinski definition) is 1. The van der Waals surface area contributed by atoms with E-state index >= 15 is 0 Å². The van der Waals surface area contributed by atoms with Crippen LogP contribution in [0.4, 0.5) is 0 Å². The average Bonchev–Trinajstić information content (AvgIpc) is 2.84. The number of carbonyl (C=O) groups is 1. The van der Waals surface area contributed by atoms with E-state index in [2.05, 4.69) is 47.4 Å². The van der Waals surface area contributed by atoms with Crippen LogP contribution >= 0.6 is 23.2 Å². The van der Waals surface area contributed by atoms with Crippen molar-refractivity contribution in [1.82, 2.24) is 20.2 Å². The summed E-state index contributed by atoms with van der Waals surface area (Å²) in [5, 5.41) is 3.22. The summed E-state index contributed by atoms with van der Waals surface area (Å²) in [6.07, 6.45) is 1.88. The van der Waals surface area contributed by atoms with Crippen molar-refractivity contribution in [2.24, 2.45) is 0 Å². The first-order valence-electron chi connectivity index (χ1n) is 12.5. The number of nitrogens with one attached hydrogen (secondary N) is 1. The molecule has 0 radical (unpaired) electrons. The lowest BCUT2D eigenvalue weighted by molar-refractivity contribution is 0.0108. The van der Waals surface area contributed by atoms with E-state index in [9.17, 15) is 4.79 Å². The Bertz CT molecular complexity index is 992. The first-order valence-corrected chi connectivity index (χ1v) is 13.3. The van der Waals surface area contributed by atoms with E-state index in [-0.39, 0.29) is 11.9 Å². The topological polar surface area (TPSA) is 48.0 Å². The average molecular weight is 520 g/mol. The van der Waals surface area contributed by atoms with Crippen LogP contribution in [-0.2, 0) is 11.2 Å². The number of rotatable bonds is 8. The lowest BCUT2D eigenvalue weighted by atomic mass is 9.97. The molecule has 35 heavy (non-hydrogen) atoms. The van der Waals surface area contributed by atoms with E-state index in [1.165, 1.54) is 16.7 Å². The number of morpholine rings is 1. The molecule has 2 heterocycles. The van der Waals surface area contributed by atoms with E-state index in [0.717, 1.165) is 65.3 Å². The van der Waals surface area contributed by atoms with Gasteiger partial charge in [-0.25, -0.2) is 5.01 Å². The molecule has 1 amide bonds. The molecule has 1 atom stereocenters. The van der Waals surface area contributed by atoms with Gasteiger partial charge in [-0.15, -0.1) is 0 Å². The number of carbonyl (C=O) groups excluding carboxylic acids is 1. The molecule has 2 aromatic rings. The van der Waals surface area contributed by atoms with Crippen LogP contribution in [0, 0.1) is 13.8 Å². The van der Waals surface area contributed by atoms with Crippen molar-refractivity contribution in [3.05, 3.63) is 68.7 Å². The molecule has 2 fully saturated rings. The van der Waals surface area contributed by atoms with Gasteiger partial charge in [0.05, 0.1) is 13.2 Å². The van der Waals surface area contributed by atoms with Crippen LogP contribution in [0.1, 0.15) is 33.5 Å². The normalized spacial score (nSPS) is 19.8. The van der Waals surface area contributed by atoms with E-state index in [1.54, 1.807) is 18.2 Å². The number of hydrogen-bond acceptors (Lipinski definition) is 5. The minimum atomic E-state index is -0.00290. The summed E-state index contributed by atoms with van der Waals surface area (Å²) in [5.74, 6) is -0.00290. The van der Waals surface area contributed by atoms with Crippen LogP contribution in [0.15, 0.2) is 36.4 Å². The Hall–Kier alpha value is -1.67. The molecule has 8 heteroatoms. The molecule has 0 spiro atoms. The Balaban J connectivity index is 1.41. The third-order valence-electron chi connectivity index (χ3n) is 6.98. The number of nitrogens with zero attached hydrogens (tertiary/aromatic N) is 3. The molecule has 0 bridgehead atoms. The first-order chi connectivity index (χ1) is 16.9. The van der Waals surface area contributed by atoms with Crippen molar-refractivity contribution in [2.75, 3.05) is 59.0 Å². The predicted molar refractivity (Wildman–Crippen MR) is 142 cm³/mol. The third kappa shape index (κ3) is 7.42. The van der Waals surface area contributed by atoms with Crippen molar-refractivity contribution in [2.45, 2.75) is 32.7 Å². The minimum Gasteiger partial charge on any atom is -0.379 e. The van der Waals surface area contributed by atoms with Gasteiger partial charge in [-0.2, -0.15) is 0 Å². The van der Waals surface area contributed by atoms with Gasteiger partial charge >= 0.3 is 0 Å². The molecular formula is C27H36Cl2N4O2. The molecular weight excluding hydrogens is 483 g/mol. The minimum absolute atomic E-state index is 0.00290. The van der Waals surface area contributed by atoms with Gasteiger partial charge in [0, 0.05) is 60.9 Å². The summed E-state index contributed by atoms with van der Waals surface area (Å²) in [6.45, 7) is 12.1. The van der Waals surface area contributed by atoms with Crippen molar-refractivity contribution in [1.29, 1.82) is 0 Å². The van der Waals surface area contributed by atoms with E-state index in [4.69, 9.17) is 27.9 Å². The second-order valence-corrected chi connectivity index (χ2v) is 10.5. The monoisotopic (exact) mass is 518 g/mol. The Morgan fingerprint density at radius 3 is 2.46 bits per heavy atom. The van der Waals surface area contributed by atoms with Crippen molar-refractivity contribution in [3.63, 3.8) is 0 Å². The maximum Gasteiger partial charge on any atom is 0.254 e. The van der Waals surface area contributed by atoms with Gasteiger partial charge in [0.1, 0.15) is 0 Å². The lowest BCUT2D eigenvalue weighted by Crippen LogP contribution is -2.56. The van der Waals surface area contributed by atoms with Gasteiger partial charge in [-0.1, -0.05) is 41.4 Å². The number of benzene rings is 2. The number of hydrazine groups is 1. The van der Waals surface area contributed by atoms with Crippen molar-refractivity contribution < 1.29 is 9.53 Å². The molecule has 2 aliphatic rings. The van der Waals surface area contributed by atoms with Gasteiger partial charge in [0.25, 0.3) is 5.91 Å². The van der Waals surface area contributed by atoms with Gasteiger partial charge in [0.15, 0.2) is 0 Å². The summed E-state index contributed by atoms with van der Waals surface area (Å²) in [4.78, 5) is 18.0. The number of aryl methyl sites for hydroxylation is 2. The molecule has 190 valence electrons. The summed E-state index contributed by atoms with van der Waals surface area (Å²) >= 11 is 12.4. The number of amides is 1. The fraction of sp³-hybridized carbons (Fsp3) is 0.519. The largest absolute Gasteiger partial charge is 0.379 e. The van der Waals surface area contributed by atoms with Crippen LogP contribution in [0.3, 0.4) is 0 Å². The van der Waals surface area contributed by atoms with Crippen LogP contribution < -0.4 is 5.43 Å². The predicted octanol–water partition coefficient (Wildman–Crippen LogP) is 4.21. The number of piperazine rings is 1. The highest BCUT2D eigenvalue weighted by atomic mass is 35.5. The molecule has 0 saturated carbocycles. The molecule has 0 aromatic heterocycles. The summed E-state index contributed by atoms with van der Waals surface area (Å²) in [5.41, 5.74) is 7.90. The standard InChI is InChI=1S/C27H36Cl2N4O2/c1-20-4-5-22(14-21(20)2)15-26-19-31(7-3-6-30-32-10-12-35-13-11-32)8-9-33(26)27(34)23-16-24(28)18-25(29)17-23/h4-5,14,16-18,26,30H,3,6-13,15,19H2,1-2H3/t26-/m1/s1. The highest BCUT2D eigenvalue weighted by Gasteiger charge is 2.31. The number of ether oxygens (including phenoxy) is 1. The summed E-state index contributed by atoms with van der Waals surface area (Å²) < 4.78 is 5.41. The van der Waals surface area contributed by atoms with Crippen LogP contribution in [0.25, 0.3) is 0 Å². The smallest absolute Gasteiger partial charge is 0.254 e.